The molecule has 0 atom stereocenters. The van der Waals surface area contributed by atoms with Gasteiger partial charge in [0.25, 0.3) is 0 Å². The molecule has 2 rings (SSSR count). The third kappa shape index (κ3) is 2.09. The molecule has 1 nitrogen and oxygen atoms in total. The van der Waals surface area contributed by atoms with Crippen molar-refractivity contribution in [3.63, 3.8) is 0 Å². The lowest BCUT2D eigenvalue weighted by atomic mass is 10.0. The molecular formula is C13H10F2O. The van der Waals surface area contributed by atoms with Crippen molar-refractivity contribution in [2.75, 3.05) is 0 Å². The van der Waals surface area contributed by atoms with Crippen molar-refractivity contribution in [1.82, 2.24) is 0 Å². The minimum Gasteiger partial charge on any atom is -0.392 e. The number of benzene rings is 2. The maximum Gasteiger partial charge on any atom is 0.159 e. The van der Waals surface area contributed by atoms with E-state index in [9.17, 15) is 8.78 Å². The van der Waals surface area contributed by atoms with Crippen LogP contribution in [0.25, 0.3) is 11.1 Å². The number of rotatable bonds is 2. The Labute approximate surface area is 92.0 Å². The number of aliphatic hydroxyl groups is 1. The topological polar surface area (TPSA) is 20.2 Å². The van der Waals surface area contributed by atoms with Gasteiger partial charge in [0.1, 0.15) is 0 Å². The highest BCUT2D eigenvalue weighted by Gasteiger charge is 2.04. The maximum atomic E-state index is 13.0. The van der Waals surface area contributed by atoms with E-state index >= 15 is 0 Å². The van der Waals surface area contributed by atoms with Crippen molar-refractivity contribution < 1.29 is 13.9 Å². The smallest absolute Gasteiger partial charge is 0.159 e. The largest absolute Gasteiger partial charge is 0.392 e. The van der Waals surface area contributed by atoms with Crippen LogP contribution in [0, 0.1) is 11.6 Å². The third-order valence-electron chi connectivity index (χ3n) is 2.36. The lowest BCUT2D eigenvalue weighted by Gasteiger charge is -2.04. The molecule has 2 aromatic carbocycles. The predicted molar refractivity (Wildman–Crippen MR) is 57.7 cm³/mol. The summed E-state index contributed by atoms with van der Waals surface area (Å²) in [7, 11) is 0. The van der Waals surface area contributed by atoms with Gasteiger partial charge in [0, 0.05) is 0 Å². The van der Waals surface area contributed by atoms with E-state index in [1.165, 1.54) is 6.07 Å². The molecule has 0 heterocycles. The van der Waals surface area contributed by atoms with E-state index in [2.05, 4.69) is 0 Å². The molecule has 0 aliphatic rings. The molecule has 0 bridgehead atoms. The minimum atomic E-state index is -0.869. The molecule has 0 spiro atoms. The summed E-state index contributed by atoms with van der Waals surface area (Å²) in [5, 5.41) is 8.97. The summed E-state index contributed by atoms with van der Waals surface area (Å²) in [5.74, 6) is -1.73. The summed E-state index contributed by atoms with van der Waals surface area (Å²) in [6.07, 6.45) is 0. The van der Waals surface area contributed by atoms with Gasteiger partial charge in [-0.1, -0.05) is 24.3 Å². The Morgan fingerprint density at radius 1 is 0.875 bits per heavy atom. The molecule has 0 aromatic heterocycles. The normalized spacial score (nSPS) is 10.4. The third-order valence-corrected chi connectivity index (χ3v) is 2.36. The second-order valence-electron chi connectivity index (χ2n) is 3.49. The summed E-state index contributed by atoms with van der Waals surface area (Å²) in [4.78, 5) is 0. The Bertz CT molecular complexity index is 509. The van der Waals surface area contributed by atoms with Gasteiger partial charge in [0.05, 0.1) is 6.61 Å². The van der Waals surface area contributed by atoms with Gasteiger partial charge in [-0.2, -0.15) is 0 Å². The first kappa shape index (κ1) is 10.8. The van der Waals surface area contributed by atoms with Crippen molar-refractivity contribution in [3.05, 3.63) is 59.7 Å². The molecule has 0 radical (unpaired) electrons. The molecule has 0 aliphatic carbocycles. The van der Waals surface area contributed by atoms with Crippen LogP contribution >= 0.6 is 0 Å². The van der Waals surface area contributed by atoms with Crippen LogP contribution in [0.3, 0.4) is 0 Å². The Morgan fingerprint density at radius 3 is 2.31 bits per heavy atom. The number of hydrogen-bond donors (Lipinski definition) is 1. The first-order chi connectivity index (χ1) is 7.70. The minimum absolute atomic E-state index is 0.0719. The summed E-state index contributed by atoms with van der Waals surface area (Å²) in [5.41, 5.74) is 2.09. The van der Waals surface area contributed by atoms with Gasteiger partial charge in [-0.3, -0.25) is 0 Å². The highest BCUT2D eigenvalue weighted by molar-refractivity contribution is 5.64. The van der Waals surface area contributed by atoms with Crippen LogP contribution < -0.4 is 0 Å². The van der Waals surface area contributed by atoms with Crippen LogP contribution in [0.2, 0.25) is 0 Å². The van der Waals surface area contributed by atoms with Crippen LogP contribution in [0.5, 0.6) is 0 Å². The number of hydrogen-bond acceptors (Lipinski definition) is 1. The van der Waals surface area contributed by atoms with Crippen LogP contribution in [0.15, 0.2) is 42.5 Å². The Balaban J connectivity index is 2.46. The summed E-state index contributed by atoms with van der Waals surface area (Å²) in [6, 6.07) is 10.8. The second kappa shape index (κ2) is 4.41. The predicted octanol–water partition coefficient (Wildman–Crippen LogP) is 3.12. The van der Waals surface area contributed by atoms with Gasteiger partial charge < -0.3 is 5.11 Å². The zero-order chi connectivity index (χ0) is 11.5. The molecule has 0 saturated heterocycles. The fourth-order valence-corrected chi connectivity index (χ4v) is 1.52. The van der Waals surface area contributed by atoms with E-state index in [4.69, 9.17) is 5.11 Å². The van der Waals surface area contributed by atoms with E-state index in [0.717, 1.165) is 23.3 Å². The van der Waals surface area contributed by atoms with E-state index in [-0.39, 0.29) is 6.61 Å². The van der Waals surface area contributed by atoms with Crippen molar-refractivity contribution in [2.45, 2.75) is 6.61 Å². The molecule has 3 heteroatoms. The Hall–Kier alpha value is -1.74. The Morgan fingerprint density at radius 2 is 1.62 bits per heavy atom. The van der Waals surface area contributed by atoms with Crippen molar-refractivity contribution in [3.8, 4) is 11.1 Å². The molecule has 16 heavy (non-hydrogen) atoms. The quantitative estimate of drug-likeness (QED) is 0.824. The molecule has 2 aromatic rings. The summed E-state index contributed by atoms with van der Waals surface area (Å²) in [6.45, 7) is -0.0719. The standard InChI is InChI=1S/C13H10F2O/c14-12-5-4-11(7-13(12)15)10-3-1-2-9(6-10)8-16/h1-7,16H,8H2. The highest BCUT2D eigenvalue weighted by Crippen LogP contribution is 2.22. The fourth-order valence-electron chi connectivity index (χ4n) is 1.52. The van der Waals surface area contributed by atoms with Crippen LogP contribution in [0.1, 0.15) is 5.56 Å². The average molecular weight is 220 g/mol. The highest BCUT2D eigenvalue weighted by atomic mass is 19.2. The molecule has 0 unspecified atom stereocenters. The van der Waals surface area contributed by atoms with Gasteiger partial charge in [0.15, 0.2) is 11.6 Å². The zero-order valence-corrected chi connectivity index (χ0v) is 8.45. The van der Waals surface area contributed by atoms with E-state index in [0.29, 0.717) is 5.56 Å². The molecule has 1 N–H and O–H groups in total. The van der Waals surface area contributed by atoms with Crippen molar-refractivity contribution in [2.24, 2.45) is 0 Å². The first-order valence-corrected chi connectivity index (χ1v) is 4.86. The molecule has 82 valence electrons. The lowest BCUT2D eigenvalue weighted by molar-refractivity contribution is 0.282. The molecule has 0 aliphatic heterocycles. The monoisotopic (exact) mass is 220 g/mol. The number of halogens is 2. The van der Waals surface area contributed by atoms with Crippen LogP contribution in [0.4, 0.5) is 8.78 Å². The van der Waals surface area contributed by atoms with Crippen molar-refractivity contribution in [1.29, 1.82) is 0 Å². The second-order valence-corrected chi connectivity index (χ2v) is 3.49. The van der Waals surface area contributed by atoms with Gasteiger partial charge >= 0.3 is 0 Å². The van der Waals surface area contributed by atoms with Crippen molar-refractivity contribution >= 4 is 0 Å². The van der Waals surface area contributed by atoms with E-state index < -0.39 is 11.6 Å². The fraction of sp³-hybridized carbons (Fsp3) is 0.0769. The molecule has 0 amide bonds. The summed E-state index contributed by atoms with van der Waals surface area (Å²) >= 11 is 0. The lowest BCUT2D eigenvalue weighted by Crippen LogP contribution is -1.87. The van der Waals surface area contributed by atoms with Gasteiger partial charge in [-0.15, -0.1) is 0 Å². The molecule has 0 saturated carbocycles. The average Bonchev–Trinajstić information content (AvgIpc) is 2.33. The molecule has 0 fully saturated rings. The SMILES string of the molecule is OCc1cccc(-c2ccc(F)c(F)c2)c1. The van der Waals surface area contributed by atoms with Gasteiger partial charge in [0.2, 0.25) is 0 Å². The summed E-state index contributed by atoms with van der Waals surface area (Å²) < 4.78 is 25.8. The first-order valence-electron chi connectivity index (χ1n) is 4.86. The zero-order valence-electron chi connectivity index (χ0n) is 8.45. The number of aliphatic hydroxyl groups excluding tert-OH is 1. The van der Waals surface area contributed by atoms with Crippen LogP contribution in [-0.2, 0) is 6.61 Å². The maximum absolute atomic E-state index is 13.0. The molecular weight excluding hydrogens is 210 g/mol. The van der Waals surface area contributed by atoms with E-state index in [1.54, 1.807) is 24.3 Å². The Kier molecular flexibility index (Phi) is 2.97. The van der Waals surface area contributed by atoms with E-state index in [1.807, 2.05) is 0 Å². The van der Waals surface area contributed by atoms with Crippen LogP contribution in [-0.4, -0.2) is 5.11 Å². The van der Waals surface area contributed by atoms with Gasteiger partial charge in [-0.05, 0) is 34.9 Å². The van der Waals surface area contributed by atoms with Gasteiger partial charge in [-0.25, -0.2) is 8.78 Å².